The first-order chi connectivity index (χ1) is 15.1. The van der Waals surface area contributed by atoms with Gasteiger partial charge < -0.3 is 5.32 Å². The molecule has 2 heterocycles. The molecule has 0 bridgehead atoms. The Kier molecular flexibility index (Phi) is 6.22. The van der Waals surface area contributed by atoms with Gasteiger partial charge in [0.25, 0.3) is 5.56 Å². The molecule has 5 heteroatoms. The van der Waals surface area contributed by atoms with Crippen LogP contribution in [0.2, 0.25) is 0 Å². The minimum Gasteiger partial charge on any atom is -0.356 e. The monoisotopic (exact) mass is 410 g/mol. The Morgan fingerprint density at radius 2 is 1.61 bits per heavy atom. The molecular formula is C26H26N4O. The fraction of sp³-hybridized carbons (Fsp3) is 0.192. The molecule has 2 aromatic heterocycles. The van der Waals surface area contributed by atoms with Crippen LogP contribution in [0.4, 0.5) is 5.95 Å². The van der Waals surface area contributed by atoms with Gasteiger partial charge in [-0.05, 0) is 43.0 Å². The average molecular weight is 411 g/mol. The summed E-state index contributed by atoms with van der Waals surface area (Å²) < 4.78 is 1.60. The Morgan fingerprint density at radius 1 is 0.903 bits per heavy atom. The lowest BCUT2D eigenvalue weighted by Crippen LogP contribution is -2.25. The van der Waals surface area contributed by atoms with Gasteiger partial charge in [-0.3, -0.25) is 14.3 Å². The van der Waals surface area contributed by atoms with Gasteiger partial charge in [-0.25, -0.2) is 4.98 Å². The van der Waals surface area contributed by atoms with Crippen LogP contribution < -0.4 is 10.9 Å². The molecule has 31 heavy (non-hydrogen) atoms. The van der Waals surface area contributed by atoms with Crippen molar-refractivity contribution < 1.29 is 0 Å². The van der Waals surface area contributed by atoms with E-state index in [1.165, 1.54) is 5.56 Å². The standard InChI is InChI=1S/C26H26N4O/c1-19-10-12-21(13-11-19)23-24(22-14-17-27-18-15-22)29-26(30(2)25(23)31)28-16-6-9-20-7-4-3-5-8-20/h3-5,7-8,10-15,17-18H,6,9,16H2,1-2H3,(H,28,29). The van der Waals surface area contributed by atoms with E-state index in [0.29, 0.717) is 17.2 Å². The summed E-state index contributed by atoms with van der Waals surface area (Å²) >= 11 is 0. The summed E-state index contributed by atoms with van der Waals surface area (Å²) in [6.07, 6.45) is 5.37. The third kappa shape index (κ3) is 4.72. The van der Waals surface area contributed by atoms with Crippen LogP contribution in [0.15, 0.2) is 83.9 Å². The zero-order valence-corrected chi connectivity index (χ0v) is 17.9. The molecule has 0 aliphatic carbocycles. The van der Waals surface area contributed by atoms with Crippen molar-refractivity contribution in [2.45, 2.75) is 19.8 Å². The molecule has 156 valence electrons. The van der Waals surface area contributed by atoms with E-state index in [-0.39, 0.29) is 5.56 Å². The molecule has 0 spiro atoms. The molecule has 0 unspecified atom stereocenters. The summed E-state index contributed by atoms with van der Waals surface area (Å²) in [6, 6.07) is 22.2. The van der Waals surface area contributed by atoms with E-state index in [2.05, 4.69) is 34.6 Å². The lowest BCUT2D eigenvalue weighted by Gasteiger charge is -2.16. The molecule has 4 rings (SSSR count). The normalized spacial score (nSPS) is 10.8. The first-order valence-electron chi connectivity index (χ1n) is 10.5. The van der Waals surface area contributed by atoms with E-state index >= 15 is 0 Å². The SMILES string of the molecule is Cc1ccc(-c2c(-c3ccncc3)nc(NCCCc3ccccc3)n(C)c2=O)cc1. The molecule has 4 aromatic rings. The van der Waals surface area contributed by atoms with Gasteiger partial charge in [-0.15, -0.1) is 0 Å². The zero-order valence-electron chi connectivity index (χ0n) is 17.9. The highest BCUT2D eigenvalue weighted by Gasteiger charge is 2.18. The van der Waals surface area contributed by atoms with Gasteiger partial charge in [-0.2, -0.15) is 0 Å². The van der Waals surface area contributed by atoms with Gasteiger partial charge in [0.15, 0.2) is 0 Å². The van der Waals surface area contributed by atoms with Crippen LogP contribution in [0.1, 0.15) is 17.5 Å². The maximum atomic E-state index is 13.4. The van der Waals surface area contributed by atoms with Crippen LogP contribution in [0, 0.1) is 6.92 Å². The van der Waals surface area contributed by atoms with Crippen molar-refractivity contribution in [1.29, 1.82) is 0 Å². The third-order valence-electron chi connectivity index (χ3n) is 5.35. The van der Waals surface area contributed by atoms with E-state index in [0.717, 1.165) is 36.1 Å². The third-order valence-corrected chi connectivity index (χ3v) is 5.35. The molecular weight excluding hydrogens is 384 g/mol. The zero-order chi connectivity index (χ0) is 21.6. The number of nitrogens with zero attached hydrogens (tertiary/aromatic N) is 3. The molecule has 0 fully saturated rings. The van der Waals surface area contributed by atoms with E-state index in [1.54, 1.807) is 24.0 Å². The number of rotatable bonds is 7. The summed E-state index contributed by atoms with van der Waals surface area (Å²) in [5.74, 6) is 0.570. The molecule has 2 aromatic carbocycles. The Hall–Kier alpha value is -3.73. The van der Waals surface area contributed by atoms with Crippen molar-refractivity contribution in [3.05, 3.63) is 101 Å². The second-order valence-electron chi connectivity index (χ2n) is 7.64. The Balaban J connectivity index is 1.66. The van der Waals surface area contributed by atoms with Crippen LogP contribution in [0.3, 0.4) is 0 Å². The van der Waals surface area contributed by atoms with Gasteiger partial charge in [0.2, 0.25) is 5.95 Å². The maximum Gasteiger partial charge on any atom is 0.263 e. The van der Waals surface area contributed by atoms with Crippen LogP contribution in [-0.4, -0.2) is 21.1 Å². The van der Waals surface area contributed by atoms with E-state index < -0.39 is 0 Å². The quantitative estimate of drug-likeness (QED) is 0.442. The largest absolute Gasteiger partial charge is 0.356 e. The van der Waals surface area contributed by atoms with Crippen LogP contribution in [0.25, 0.3) is 22.4 Å². The van der Waals surface area contributed by atoms with Crippen molar-refractivity contribution in [1.82, 2.24) is 14.5 Å². The molecule has 0 radical (unpaired) electrons. The molecule has 0 aliphatic heterocycles. The van der Waals surface area contributed by atoms with E-state index in [1.807, 2.05) is 49.4 Å². The number of anilines is 1. The van der Waals surface area contributed by atoms with Crippen molar-refractivity contribution >= 4 is 5.95 Å². The first-order valence-corrected chi connectivity index (χ1v) is 10.5. The topological polar surface area (TPSA) is 59.8 Å². The fourth-order valence-electron chi connectivity index (χ4n) is 3.60. The van der Waals surface area contributed by atoms with Crippen LogP contribution in [-0.2, 0) is 13.5 Å². The van der Waals surface area contributed by atoms with E-state index in [4.69, 9.17) is 4.98 Å². The molecule has 0 aliphatic rings. The first kappa shape index (κ1) is 20.5. The number of hydrogen-bond donors (Lipinski definition) is 1. The van der Waals surface area contributed by atoms with Crippen molar-refractivity contribution in [3.63, 3.8) is 0 Å². The Bertz CT molecular complexity index is 1200. The Labute approximate surface area is 182 Å². The number of nitrogens with one attached hydrogen (secondary N) is 1. The minimum absolute atomic E-state index is 0.0729. The molecule has 0 saturated carbocycles. The van der Waals surface area contributed by atoms with Gasteiger partial charge >= 0.3 is 0 Å². The Morgan fingerprint density at radius 3 is 2.32 bits per heavy atom. The highest BCUT2D eigenvalue weighted by molar-refractivity contribution is 5.80. The summed E-state index contributed by atoms with van der Waals surface area (Å²) in [4.78, 5) is 22.4. The minimum atomic E-state index is -0.0729. The number of benzene rings is 2. The second-order valence-corrected chi connectivity index (χ2v) is 7.64. The highest BCUT2D eigenvalue weighted by Crippen LogP contribution is 2.28. The van der Waals surface area contributed by atoms with Gasteiger partial charge in [-0.1, -0.05) is 60.2 Å². The highest BCUT2D eigenvalue weighted by atomic mass is 16.1. The lowest BCUT2D eigenvalue weighted by molar-refractivity contribution is 0.798. The number of aryl methyl sites for hydroxylation is 2. The molecule has 1 N–H and O–H groups in total. The number of aromatic nitrogens is 3. The summed E-state index contributed by atoms with van der Waals surface area (Å²) in [5.41, 5.74) is 5.38. The predicted molar refractivity (Wildman–Crippen MR) is 126 cm³/mol. The molecule has 0 amide bonds. The number of hydrogen-bond acceptors (Lipinski definition) is 4. The van der Waals surface area contributed by atoms with Gasteiger partial charge in [0, 0.05) is 31.5 Å². The van der Waals surface area contributed by atoms with Crippen LogP contribution >= 0.6 is 0 Å². The maximum absolute atomic E-state index is 13.4. The van der Waals surface area contributed by atoms with E-state index in [9.17, 15) is 4.79 Å². The van der Waals surface area contributed by atoms with Crippen molar-refractivity contribution in [2.75, 3.05) is 11.9 Å². The fourth-order valence-corrected chi connectivity index (χ4v) is 3.60. The summed E-state index contributed by atoms with van der Waals surface area (Å²) in [7, 11) is 1.77. The van der Waals surface area contributed by atoms with Crippen molar-refractivity contribution in [3.8, 4) is 22.4 Å². The van der Waals surface area contributed by atoms with Gasteiger partial charge in [0.1, 0.15) is 0 Å². The summed E-state index contributed by atoms with van der Waals surface area (Å²) in [5, 5.41) is 3.36. The molecule has 5 nitrogen and oxygen atoms in total. The van der Waals surface area contributed by atoms with Gasteiger partial charge in [0.05, 0.1) is 11.3 Å². The van der Waals surface area contributed by atoms with Crippen LogP contribution in [0.5, 0.6) is 0 Å². The lowest BCUT2D eigenvalue weighted by atomic mass is 10.00. The predicted octanol–water partition coefficient (Wildman–Crippen LogP) is 4.86. The second kappa shape index (κ2) is 9.39. The number of pyridine rings is 1. The molecule has 0 atom stereocenters. The summed E-state index contributed by atoms with van der Waals surface area (Å²) in [6.45, 7) is 2.77. The van der Waals surface area contributed by atoms with Crippen molar-refractivity contribution in [2.24, 2.45) is 7.05 Å². The smallest absolute Gasteiger partial charge is 0.263 e. The average Bonchev–Trinajstić information content (AvgIpc) is 2.81. The molecule has 0 saturated heterocycles.